The second-order valence-corrected chi connectivity index (χ2v) is 16.7. The SMILES string of the molecule is CC[C@H]1OC(=O)[C@H](C)C(=O)[C@@H](C)[C@@H](O[C@@H]2O[C@H](C)CC(N(C)C)C2O)[C@](C)(OC/C=C/c2cnc3ccccc3c2)C[C@@H](C)CN[C@H](C)[C@H]2NC(=O)O[C@@]21CC. The number of esters is 1. The molecule has 3 fully saturated rings. The Morgan fingerprint density at radius 2 is 1.82 bits per heavy atom. The summed E-state index contributed by atoms with van der Waals surface area (Å²) >= 11 is 0. The molecule has 13 atom stereocenters. The van der Waals surface area contributed by atoms with Crippen LogP contribution in [0.1, 0.15) is 86.6 Å². The second kappa shape index (κ2) is 18.4. The van der Waals surface area contributed by atoms with Crippen LogP contribution in [0.25, 0.3) is 17.0 Å². The van der Waals surface area contributed by atoms with E-state index in [0.717, 1.165) is 16.5 Å². The quantitative estimate of drug-likeness (QED) is 0.224. The number of ketones is 1. The predicted octanol–water partition coefficient (Wildman–Crippen LogP) is 5.27. The largest absolute Gasteiger partial charge is 0.457 e. The first-order valence-electron chi connectivity index (χ1n) is 20.3. The van der Waals surface area contributed by atoms with E-state index in [2.05, 4.69) is 28.6 Å². The summed E-state index contributed by atoms with van der Waals surface area (Å²) in [5.41, 5.74) is -0.454. The summed E-state index contributed by atoms with van der Waals surface area (Å²) < 4.78 is 32.0. The lowest BCUT2D eigenvalue weighted by atomic mass is 9.78. The zero-order chi connectivity index (χ0) is 40.9. The number of fused-ring (bicyclic) bond motifs is 2. The number of Topliss-reactive ketones (excluding diaryl/α,β-unsaturated/α-hetero) is 1. The van der Waals surface area contributed by atoms with Crippen molar-refractivity contribution in [3.05, 3.63) is 48.2 Å². The molecular weight excluding hydrogens is 716 g/mol. The Morgan fingerprint density at radius 3 is 2.52 bits per heavy atom. The van der Waals surface area contributed by atoms with Gasteiger partial charge in [-0.1, -0.05) is 58.0 Å². The van der Waals surface area contributed by atoms with Crippen LogP contribution in [0.3, 0.4) is 0 Å². The molecule has 1 aromatic carbocycles. The van der Waals surface area contributed by atoms with Crippen molar-refractivity contribution in [2.75, 3.05) is 27.2 Å². The second-order valence-electron chi connectivity index (χ2n) is 16.7. The maximum atomic E-state index is 14.6. The van der Waals surface area contributed by atoms with E-state index < -0.39 is 71.5 Å². The number of para-hydroxylation sites is 1. The summed E-state index contributed by atoms with van der Waals surface area (Å²) in [6, 6.07) is 8.95. The normalized spacial score (nSPS) is 37.8. The fourth-order valence-corrected chi connectivity index (χ4v) is 9.00. The summed E-state index contributed by atoms with van der Waals surface area (Å²) in [5, 5.41) is 19.2. The molecule has 0 spiro atoms. The lowest BCUT2D eigenvalue weighted by Gasteiger charge is -2.47. The molecule has 0 bridgehead atoms. The third kappa shape index (κ3) is 9.45. The van der Waals surface area contributed by atoms with Gasteiger partial charge in [0.1, 0.15) is 18.1 Å². The Kier molecular flexibility index (Phi) is 14.4. The Balaban J connectivity index is 1.52. The molecule has 3 saturated heterocycles. The van der Waals surface area contributed by atoms with E-state index in [1.165, 1.54) is 0 Å². The van der Waals surface area contributed by atoms with Gasteiger partial charge in [-0.25, -0.2) is 4.79 Å². The monoisotopic (exact) mass is 780 g/mol. The van der Waals surface area contributed by atoms with E-state index in [1.54, 1.807) is 13.8 Å². The molecule has 56 heavy (non-hydrogen) atoms. The van der Waals surface area contributed by atoms with E-state index in [0.29, 0.717) is 32.2 Å². The molecule has 3 aliphatic rings. The fourth-order valence-electron chi connectivity index (χ4n) is 9.00. The highest BCUT2D eigenvalue weighted by molar-refractivity contribution is 6.00. The van der Waals surface area contributed by atoms with Crippen LogP contribution in [-0.4, -0.2) is 120 Å². The number of aliphatic hydroxyl groups excluding tert-OH is 1. The summed E-state index contributed by atoms with van der Waals surface area (Å²) in [7, 11) is 3.81. The number of ether oxygens (including phenoxy) is 5. The van der Waals surface area contributed by atoms with Crippen LogP contribution in [0.5, 0.6) is 0 Å². The van der Waals surface area contributed by atoms with Gasteiger partial charge in [0.15, 0.2) is 17.7 Å². The number of hydrogen-bond acceptors (Lipinski definition) is 12. The van der Waals surface area contributed by atoms with Crippen LogP contribution >= 0.6 is 0 Å². The lowest BCUT2D eigenvalue weighted by molar-refractivity contribution is -0.296. The minimum atomic E-state index is -1.18. The number of carbonyl (C=O) groups is 3. The van der Waals surface area contributed by atoms with Crippen LogP contribution < -0.4 is 10.6 Å². The maximum absolute atomic E-state index is 14.6. The first kappa shape index (κ1) is 43.7. The van der Waals surface area contributed by atoms with Gasteiger partial charge >= 0.3 is 12.1 Å². The van der Waals surface area contributed by atoms with Crippen molar-refractivity contribution in [3.8, 4) is 0 Å². The number of benzene rings is 1. The van der Waals surface area contributed by atoms with E-state index in [4.69, 9.17) is 23.7 Å². The Morgan fingerprint density at radius 1 is 1.09 bits per heavy atom. The third-order valence-electron chi connectivity index (χ3n) is 12.1. The van der Waals surface area contributed by atoms with Crippen LogP contribution in [0, 0.1) is 17.8 Å². The van der Waals surface area contributed by atoms with Crippen molar-refractivity contribution in [2.45, 2.75) is 141 Å². The van der Waals surface area contributed by atoms with Crippen molar-refractivity contribution in [2.24, 2.45) is 17.8 Å². The lowest BCUT2D eigenvalue weighted by Crippen LogP contribution is -2.61. The molecule has 3 aliphatic heterocycles. The first-order chi connectivity index (χ1) is 26.5. The molecule has 5 rings (SSSR count). The number of nitrogens with zero attached hydrogens (tertiary/aromatic N) is 2. The highest BCUT2D eigenvalue weighted by Crippen LogP contribution is 2.39. The van der Waals surface area contributed by atoms with E-state index in [1.807, 2.05) is 96.2 Å². The minimum absolute atomic E-state index is 0.0355. The van der Waals surface area contributed by atoms with Crippen LogP contribution in [0.4, 0.5) is 4.79 Å². The number of likely N-dealkylation sites (N-methyl/N-ethyl adjacent to an activating group) is 1. The smallest absolute Gasteiger partial charge is 0.408 e. The summed E-state index contributed by atoms with van der Waals surface area (Å²) in [6.45, 7) is 15.7. The van der Waals surface area contributed by atoms with Gasteiger partial charge in [-0.3, -0.25) is 14.6 Å². The van der Waals surface area contributed by atoms with Gasteiger partial charge in [-0.2, -0.15) is 0 Å². The molecule has 1 amide bonds. The fraction of sp³-hybridized carbons (Fsp3) is 0.674. The van der Waals surface area contributed by atoms with Gasteiger partial charge in [0.05, 0.1) is 36.0 Å². The number of hydrogen-bond donors (Lipinski definition) is 3. The van der Waals surface area contributed by atoms with Crippen LogP contribution in [0.15, 0.2) is 42.6 Å². The molecule has 2 aromatic rings. The topological polar surface area (TPSA) is 158 Å². The van der Waals surface area contributed by atoms with Gasteiger partial charge < -0.3 is 44.3 Å². The van der Waals surface area contributed by atoms with Crippen LogP contribution in [-0.2, 0) is 33.3 Å². The van der Waals surface area contributed by atoms with Gasteiger partial charge in [0.25, 0.3) is 0 Å². The molecule has 13 heteroatoms. The average Bonchev–Trinajstić information content (AvgIpc) is 3.53. The van der Waals surface area contributed by atoms with Gasteiger partial charge in [-0.15, -0.1) is 0 Å². The number of aliphatic hydroxyl groups is 1. The van der Waals surface area contributed by atoms with E-state index in [-0.39, 0.29) is 30.7 Å². The summed E-state index contributed by atoms with van der Waals surface area (Å²) in [5.74, 6) is -3.23. The van der Waals surface area contributed by atoms with Crippen molar-refractivity contribution in [1.82, 2.24) is 20.5 Å². The molecule has 310 valence electrons. The number of amides is 1. The number of aromatic nitrogens is 1. The maximum Gasteiger partial charge on any atom is 0.408 e. The predicted molar refractivity (Wildman–Crippen MR) is 214 cm³/mol. The van der Waals surface area contributed by atoms with Gasteiger partial charge in [0, 0.05) is 29.6 Å². The molecule has 0 saturated carbocycles. The number of alkyl carbamates (subject to hydrolysis) is 1. The summed E-state index contributed by atoms with van der Waals surface area (Å²) in [4.78, 5) is 47.9. The minimum Gasteiger partial charge on any atom is -0.457 e. The Labute approximate surface area is 332 Å². The highest BCUT2D eigenvalue weighted by atomic mass is 16.7. The molecule has 4 heterocycles. The molecule has 0 aliphatic carbocycles. The Hall–Kier alpha value is -3.46. The molecular formula is C43H64N4O9. The number of cyclic esters (lactones) is 1. The highest BCUT2D eigenvalue weighted by Gasteiger charge is 2.57. The first-order valence-corrected chi connectivity index (χ1v) is 20.3. The number of pyridine rings is 1. The molecule has 3 N–H and O–H groups in total. The Bertz CT molecular complexity index is 1710. The van der Waals surface area contributed by atoms with Crippen LogP contribution in [0.2, 0.25) is 0 Å². The van der Waals surface area contributed by atoms with Crippen molar-refractivity contribution in [3.63, 3.8) is 0 Å². The zero-order valence-corrected chi connectivity index (χ0v) is 34.8. The van der Waals surface area contributed by atoms with Gasteiger partial charge in [0.2, 0.25) is 0 Å². The van der Waals surface area contributed by atoms with E-state index >= 15 is 0 Å². The molecule has 1 aromatic heterocycles. The third-order valence-corrected chi connectivity index (χ3v) is 12.1. The van der Waals surface area contributed by atoms with Crippen molar-refractivity contribution < 1.29 is 43.2 Å². The summed E-state index contributed by atoms with van der Waals surface area (Å²) in [6.07, 6.45) is 2.82. The van der Waals surface area contributed by atoms with Crippen molar-refractivity contribution in [1.29, 1.82) is 0 Å². The average molecular weight is 781 g/mol. The molecule has 2 unspecified atom stereocenters. The van der Waals surface area contributed by atoms with Crippen molar-refractivity contribution >= 4 is 34.8 Å². The van der Waals surface area contributed by atoms with E-state index in [9.17, 15) is 19.5 Å². The number of rotatable bonds is 9. The molecule has 0 radical (unpaired) electrons. The van der Waals surface area contributed by atoms with Gasteiger partial charge in [-0.05, 0) is 97.6 Å². The number of nitrogens with one attached hydrogen (secondary N) is 2. The standard InChI is InChI=1S/C43H64N4O9/c1-11-34-43(12-2)37(46-41(51)56-43)29(7)44-23-25(3)22-42(8,52-19-15-16-30-21-31-17-13-14-18-32(31)45-24-30)38(27(5)35(48)28(6)39(50)54-34)55-40-36(49)33(47(9)10)20-26(4)53-40/h13-18,21,24-29,33-34,36-38,40,44,49H,11-12,19-20,22-23H2,1-10H3,(H,46,51)/b16-15+/t25-,26-,27-,28-,29-,33?,34-,36?,37-,38-,40+,42-,43-/m1/s1. The molecule has 13 nitrogen and oxygen atoms in total. The zero-order valence-electron chi connectivity index (χ0n) is 34.8. The number of carbonyl (C=O) groups excluding carboxylic acids is 3.